The van der Waals surface area contributed by atoms with Crippen molar-refractivity contribution in [3.05, 3.63) is 49.3 Å². The maximum atomic E-state index is 12.8. The first-order valence-electron chi connectivity index (χ1n) is 8.25. The lowest BCUT2D eigenvalue weighted by molar-refractivity contribution is 0.0992. The number of furan rings is 1. The molecule has 0 aliphatic carbocycles. The molecule has 0 bridgehead atoms. The number of rotatable bonds is 5. The van der Waals surface area contributed by atoms with Crippen LogP contribution in [0.3, 0.4) is 0 Å². The first-order valence-corrected chi connectivity index (χ1v) is 9.07. The van der Waals surface area contributed by atoms with E-state index >= 15 is 0 Å². The van der Waals surface area contributed by atoms with Crippen LogP contribution in [-0.2, 0) is 4.74 Å². The molecule has 3 aromatic heterocycles. The Hall–Kier alpha value is -2.98. The summed E-state index contributed by atoms with van der Waals surface area (Å²) in [7, 11) is 0. The molecular formula is C17H16N6O3S. The molecule has 1 saturated heterocycles. The Morgan fingerprint density at radius 3 is 2.70 bits per heavy atom. The number of hydrogen-bond donors (Lipinski definition) is 1. The van der Waals surface area contributed by atoms with Crippen LogP contribution >= 0.6 is 11.8 Å². The summed E-state index contributed by atoms with van der Waals surface area (Å²) in [6.45, 7) is 2.72. The zero-order valence-corrected chi connectivity index (χ0v) is 15.1. The second kappa shape index (κ2) is 8.14. The van der Waals surface area contributed by atoms with Gasteiger partial charge < -0.3 is 19.4 Å². The van der Waals surface area contributed by atoms with Gasteiger partial charge in [-0.3, -0.25) is 4.79 Å². The second-order valence-corrected chi connectivity index (χ2v) is 6.69. The molecule has 0 atom stereocenters. The van der Waals surface area contributed by atoms with Crippen LogP contribution in [-0.4, -0.2) is 52.1 Å². The summed E-state index contributed by atoms with van der Waals surface area (Å²) in [6, 6.07) is 1.61. The van der Waals surface area contributed by atoms with Crippen molar-refractivity contribution < 1.29 is 13.9 Å². The summed E-state index contributed by atoms with van der Waals surface area (Å²) in [5.41, 5.74) is 0.847. The van der Waals surface area contributed by atoms with Gasteiger partial charge in [-0.1, -0.05) is 11.8 Å². The molecule has 3 aromatic rings. The fourth-order valence-electron chi connectivity index (χ4n) is 2.61. The molecule has 9 nitrogen and oxygen atoms in total. The predicted octanol–water partition coefficient (Wildman–Crippen LogP) is 2.10. The van der Waals surface area contributed by atoms with E-state index in [-0.39, 0.29) is 11.7 Å². The molecule has 1 aliphatic rings. The Kier molecular flexibility index (Phi) is 5.26. The first-order chi connectivity index (χ1) is 13.3. The number of anilines is 2. The van der Waals surface area contributed by atoms with Gasteiger partial charge >= 0.3 is 0 Å². The second-order valence-electron chi connectivity index (χ2n) is 5.60. The largest absolute Gasteiger partial charge is 0.456 e. The molecule has 1 aliphatic heterocycles. The maximum absolute atomic E-state index is 12.8. The van der Waals surface area contributed by atoms with Crippen LogP contribution in [0.2, 0.25) is 0 Å². The van der Waals surface area contributed by atoms with E-state index in [4.69, 9.17) is 9.15 Å². The molecule has 138 valence electrons. The third kappa shape index (κ3) is 4.07. The highest BCUT2D eigenvalue weighted by molar-refractivity contribution is 7.99. The Bertz CT molecular complexity index is 900. The molecule has 1 amide bonds. The van der Waals surface area contributed by atoms with Crippen LogP contribution in [0.25, 0.3) is 0 Å². The lowest BCUT2D eigenvalue weighted by atomic mass is 10.3. The van der Waals surface area contributed by atoms with Crippen LogP contribution in [0.1, 0.15) is 10.6 Å². The molecule has 0 aromatic carbocycles. The molecule has 0 spiro atoms. The van der Waals surface area contributed by atoms with E-state index in [1.54, 1.807) is 30.9 Å². The van der Waals surface area contributed by atoms with Gasteiger partial charge in [0.1, 0.15) is 24.7 Å². The number of amides is 1. The van der Waals surface area contributed by atoms with E-state index in [1.807, 2.05) is 0 Å². The SMILES string of the molecule is O=C(Nc1ccncn1)c1occ(N2CCOCC2)c1Sc1cncnc1. The lowest BCUT2D eigenvalue weighted by Crippen LogP contribution is -2.36. The van der Waals surface area contributed by atoms with E-state index < -0.39 is 0 Å². The topological polar surface area (TPSA) is 106 Å². The molecular weight excluding hydrogens is 368 g/mol. The van der Waals surface area contributed by atoms with Crippen molar-refractivity contribution >= 4 is 29.2 Å². The van der Waals surface area contributed by atoms with Crippen LogP contribution in [0.4, 0.5) is 11.5 Å². The summed E-state index contributed by atoms with van der Waals surface area (Å²) >= 11 is 1.39. The summed E-state index contributed by atoms with van der Waals surface area (Å²) in [6.07, 6.45) is 9.38. The summed E-state index contributed by atoms with van der Waals surface area (Å²) in [5.74, 6) is 0.231. The Morgan fingerprint density at radius 1 is 1.15 bits per heavy atom. The average molecular weight is 384 g/mol. The summed E-state index contributed by atoms with van der Waals surface area (Å²) in [4.78, 5) is 32.4. The van der Waals surface area contributed by atoms with E-state index in [9.17, 15) is 4.79 Å². The smallest absolute Gasteiger partial charge is 0.293 e. The number of nitrogens with zero attached hydrogens (tertiary/aromatic N) is 5. The van der Waals surface area contributed by atoms with Gasteiger partial charge in [0.25, 0.3) is 5.91 Å². The zero-order valence-electron chi connectivity index (χ0n) is 14.2. The van der Waals surface area contributed by atoms with E-state index in [2.05, 4.69) is 30.2 Å². The molecule has 0 saturated carbocycles. The molecule has 4 rings (SSSR count). The van der Waals surface area contributed by atoms with Crippen LogP contribution < -0.4 is 10.2 Å². The van der Waals surface area contributed by atoms with Crippen molar-refractivity contribution in [2.75, 3.05) is 36.5 Å². The van der Waals surface area contributed by atoms with Crippen molar-refractivity contribution in [1.29, 1.82) is 0 Å². The number of hydrogen-bond acceptors (Lipinski definition) is 9. The van der Waals surface area contributed by atoms with Crippen molar-refractivity contribution in [3.8, 4) is 0 Å². The van der Waals surface area contributed by atoms with Gasteiger partial charge in [0.2, 0.25) is 5.76 Å². The monoisotopic (exact) mass is 384 g/mol. The fourth-order valence-corrected chi connectivity index (χ4v) is 3.59. The van der Waals surface area contributed by atoms with Crippen molar-refractivity contribution in [2.24, 2.45) is 0 Å². The predicted molar refractivity (Wildman–Crippen MR) is 97.9 cm³/mol. The minimum Gasteiger partial charge on any atom is -0.456 e. The highest BCUT2D eigenvalue weighted by atomic mass is 32.2. The Morgan fingerprint density at radius 2 is 1.96 bits per heavy atom. The van der Waals surface area contributed by atoms with E-state index in [0.717, 1.165) is 23.7 Å². The summed E-state index contributed by atoms with van der Waals surface area (Å²) in [5, 5.41) is 2.73. The molecule has 0 unspecified atom stereocenters. The van der Waals surface area contributed by atoms with Gasteiger partial charge in [0.05, 0.1) is 23.8 Å². The Labute approximate surface area is 159 Å². The van der Waals surface area contributed by atoms with Gasteiger partial charge in [-0.25, -0.2) is 19.9 Å². The number of carbonyl (C=O) groups is 1. The van der Waals surface area contributed by atoms with Gasteiger partial charge in [0, 0.05) is 36.6 Å². The number of nitrogens with one attached hydrogen (secondary N) is 1. The minimum absolute atomic E-state index is 0.212. The Balaban J connectivity index is 1.65. The van der Waals surface area contributed by atoms with Crippen LogP contribution in [0.15, 0.2) is 57.8 Å². The first kappa shape index (κ1) is 17.4. The van der Waals surface area contributed by atoms with Crippen LogP contribution in [0.5, 0.6) is 0 Å². The third-order valence-electron chi connectivity index (χ3n) is 3.87. The average Bonchev–Trinajstić information content (AvgIpc) is 3.14. The van der Waals surface area contributed by atoms with Crippen molar-refractivity contribution in [2.45, 2.75) is 9.79 Å². The summed E-state index contributed by atoms with van der Waals surface area (Å²) < 4.78 is 11.1. The lowest BCUT2D eigenvalue weighted by Gasteiger charge is -2.28. The van der Waals surface area contributed by atoms with Gasteiger partial charge in [-0.05, 0) is 6.07 Å². The maximum Gasteiger partial charge on any atom is 0.293 e. The molecule has 10 heteroatoms. The highest BCUT2D eigenvalue weighted by Gasteiger charge is 2.26. The fraction of sp³-hybridized carbons (Fsp3) is 0.235. The molecule has 1 N–H and O–H groups in total. The van der Waals surface area contributed by atoms with Gasteiger partial charge in [0.15, 0.2) is 0 Å². The highest BCUT2D eigenvalue weighted by Crippen LogP contribution is 2.39. The standard InChI is InChI=1S/C17H16N6O3S/c24-17(22-14-1-2-18-11-21-14)15-16(27-12-7-19-10-20-8-12)13(9-26-15)23-3-5-25-6-4-23/h1-2,7-11H,3-6H2,(H,18,21,22,24). The number of carbonyl (C=O) groups excluding carboxylic acids is 1. The van der Waals surface area contributed by atoms with Gasteiger partial charge in [-0.2, -0.15) is 0 Å². The number of morpholine rings is 1. The quantitative estimate of drug-likeness (QED) is 0.707. The molecule has 0 radical (unpaired) electrons. The normalized spacial score (nSPS) is 14.1. The van der Waals surface area contributed by atoms with Crippen molar-refractivity contribution in [1.82, 2.24) is 19.9 Å². The molecule has 27 heavy (non-hydrogen) atoms. The number of aromatic nitrogens is 4. The van der Waals surface area contributed by atoms with E-state index in [0.29, 0.717) is 23.9 Å². The minimum atomic E-state index is -0.382. The van der Waals surface area contributed by atoms with E-state index in [1.165, 1.54) is 24.4 Å². The zero-order chi connectivity index (χ0) is 18.5. The van der Waals surface area contributed by atoms with Crippen LogP contribution in [0, 0.1) is 0 Å². The molecule has 1 fully saturated rings. The third-order valence-corrected chi connectivity index (χ3v) is 4.91. The van der Waals surface area contributed by atoms with Crippen molar-refractivity contribution in [3.63, 3.8) is 0 Å². The molecule has 4 heterocycles. The number of ether oxygens (including phenoxy) is 1. The van der Waals surface area contributed by atoms with Gasteiger partial charge in [-0.15, -0.1) is 0 Å².